The Morgan fingerprint density at radius 3 is 2.31 bits per heavy atom. The fourth-order valence-corrected chi connectivity index (χ4v) is 5.98. The van der Waals surface area contributed by atoms with E-state index in [1.807, 2.05) is 61.5 Å². The molecule has 1 atom stereocenters. The van der Waals surface area contributed by atoms with Crippen LogP contribution in [0, 0.1) is 12.3 Å². The third-order valence-corrected chi connectivity index (χ3v) is 8.10. The van der Waals surface area contributed by atoms with Crippen molar-refractivity contribution < 1.29 is 9.90 Å². The van der Waals surface area contributed by atoms with Gasteiger partial charge in [0.1, 0.15) is 11.6 Å². The number of amidine groups is 1. The average molecular weight is 540 g/mol. The van der Waals surface area contributed by atoms with Gasteiger partial charge in [0.15, 0.2) is 5.78 Å². The Balaban J connectivity index is 1.78. The zero-order valence-electron chi connectivity index (χ0n) is 22.7. The van der Waals surface area contributed by atoms with Crippen molar-refractivity contribution in [1.29, 1.82) is 5.41 Å². The number of hydrogen-bond donors (Lipinski definition) is 2. The van der Waals surface area contributed by atoms with Gasteiger partial charge in [-0.25, -0.2) is 0 Å². The molecule has 5 nitrogen and oxygen atoms in total. The van der Waals surface area contributed by atoms with Gasteiger partial charge < -0.3 is 10.0 Å². The van der Waals surface area contributed by atoms with E-state index in [0.29, 0.717) is 46.7 Å². The second kappa shape index (κ2) is 11.1. The van der Waals surface area contributed by atoms with E-state index in [4.69, 9.17) is 11.6 Å². The van der Waals surface area contributed by atoms with Crippen LogP contribution in [0.25, 0.3) is 5.76 Å². The van der Waals surface area contributed by atoms with Crippen LogP contribution < -0.4 is 9.80 Å². The Hall–Kier alpha value is -3.83. The van der Waals surface area contributed by atoms with Crippen molar-refractivity contribution in [3.8, 4) is 0 Å². The molecule has 200 valence electrons. The van der Waals surface area contributed by atoms with Crippen molar-refractivity contribution in [1.82, 2.24) is 0 Å². The Morgan fingerprint density at radius 1 is 1.00 bits per heavy atom. The lowest BCUT2D eigenvalue weighted by atomic mass is 9.73. The average Bonchev–Trinajstić information content (AvgIpc) is 2.94. The summed E-state index contributed by atoms with van der Waals surface area (Å²) in [6.45, 7) is 8.03. The Morgan fingerprint density at radius 2 is 1.67 bits per heavy atom. The summed E-state index contributed by atoms with van der Waals surface area (Å²) < 4.78 is 0. The second-order valence-corrected chi connectivity index (χ2v) is 10.5. The van der Waals surface area contributed by atoms with E-state index in [-0.39, 0.29) is 17.4 Å². The fourth-order valence-electron chi connectivity index (χ4n) is 5.76. The molecule has 1 aliphatic carbocycles. The molecule has 2 N–H and O–H groups in total. The Bertz CT molecular complexity index is 1470. The molecule has 3 aromatic rings. The summed E-state index contributed by atoms with van der Waals surface area (Å²) in [6, 6.07) is 23.2. The summed E-state index contributed by atoms with van der Waals surface area (Å²) >= 11 is 6.65. The molecule has 3 aromatic carbocycles. The van der Waals surface area contributed by atoms with Crippen molar-refractivity contribution in [2.75, 3.05) is 22.9 Å². The molecular weight excluding hydrogens is 506 g/mol. The standard InChI is InChI=1S/C33H34ClN3O2/c1-4-36(5-2)24-19-17-22(18-20-24)29-30-27(11-8-12-28(30)38)37(26-10-7-6-9-25(26)34)33(35)31(29)32(39)23-15-13-21(3)14-16-23/h6-7,9-10,13-20,29,35,39H,4-5,8,11-12H2,1-3H3/b32-31+,35-33?. The topological polar surface area (TPSA) is 67.6 Å². The third-order valence-electron chi connectivity index (χ3n) is 7.78. The van der Waals surface area contributed by atoms with E-state index < -0.39 is 5.92 Å². The van der Waals surface area contributed by atoms with Crippen molar-refractivity contribution in [3.63, 3.8) is 0 Å². The molecule has 1 unspecified atom stereocenters. The Labute approximate surface area is 235 Å². The molecule has 1 aliphatic heterocycles. The number of hydrogen-bond acceptors (Lipinski definition) is 4. The molecule has 0 spiro atoms. The molecule has 0 bridgehead atoms. The van der Waals surface area contributed by atoms with Gasteiger partial charge in [-0.05, 0) is 63.4 Å². The minimum atomic E-state index is -0.564. The van der Waals surface area contributed by atoms with Crippen molar-refractivity contribution >= 4 is 40.4 Å². The summed E-state index contributed by atoms with van der Waals surface area (Å²) in [5.41, 5.74) is 6.14. The van der Waals surface area contributed by atoms with Gasteiger partial charge in [-0.1, -0.05) is 65.7 Å². The first-order valence-electron chi connectivity index (χ1n) is 13.6. The second-order valence-electron chi connectivity index (χ2n) is 10.1. The smallest absolute Gasteiger partial charge is 0.161 e. The number of halogens is 1. The molecular formula is C33H34ClN3O2. The maximum atomic E-state index is 13.7. The molecule has 0 radical (unpaired) electrons. The van der Waals surface area contributed by atoms with Gasteiger partial charge in [0.25, 0.3) is 0 Å². The molecule has 0 amide bonds. The van der Waals surface area contributed by atoms with Crippen LogP contribution in [-0.2, 0) is 4.79 Å². The van der Waals surface area contributed by atoms with E-state index in [2.05, 4.69) is 30.9 Å². The number of Topliss-reactive ketones (excluding diaryl/α,β-unsaturated/α-hetero) is 1. The first kappa shape index (κ1) is 26.8. The first-order valence-corrected chi connectivity index (χ1v) is 14.0. The van der Waals surface area contributed by atoms with Gasteiger partial charge in [-0.3, -0.25) is 15.1 Å². The van der Waals surface area contributed by atoms with Crippen LogP contribution in [0.4, 0.5) is 11.4 Å². The van der Waals surface area contributed by atoms with Gasteiger partial charge in [0.05, 0.1) is 10.7 Å². The number of carbonyl (C=O) groups excluding carboxylic acids is 1. The van der Waals surface area contributed by atoms with E-state index in [9.17, 15) is 15.3 Å². The molecule has 0 fully saturated rings. The SMILES string of the molecule is CCN(CC)c1ccc(C2C3=C(CCCC3=O)N(c3ccccc3Cl)C(=N)/C2=C(/O)c2ccc(C)cc2)cc1. The zero-order chi connectivity index (χ0) is 27.7. The van der Waals surface area contributed by atoms with E-state index in [0.717, 1.165) is 35.6 Å². The van der Waals surface area contributed by atoms with Crippen LogP contribution in [0.1, 0.15) is 55.7 Å². The van der Waals surface area contributed by atoms with Gasteiger partial charge in [0, 0.05) is 53.5 Å². The summed E-state index contributed by atoms with van der Waals surface area (Å²) in [6.07, 6.45) is 1.80. The van der Waals surface area contributed by atoms with Crippen LogP contribution in [-0.4, -0.2) is 29.8 Å². The summed E-state index contributed by atoms with van der Waals surface area (Å²) in [7, 11) is 0. The van der Waals surface area contributed by atoms with Gasteiger partial charge >= 0.3 is 0 Å². The third kappa shape index (κ3) is 4.87. The number of benzene rings is 3. The van der Waals surface area contributed by atoms with Crippen LogP contribution in [0.3, 0.4) is 0 Å². The van der Waals surface area contributed by atoms with Gasteiger partial charge in [-0.2, -0.15) is 0 Å². The normalized spacial score (nSPS) is 18.8. The van der Waals surface area contributed by atoms with Crippen LogP contribution in [0.5, 0.6) is 0 Å². The summed E-state index contributed by atoms with van der Waals surface area (Å²) in [4.78, 5) is 17.7. The lowest BCUT2D eigenvalue weighted by Gasteiger charge is -2.42. The molecule has 0 aromatic heterocycles. The molecule has 0 saturated carbocycles. The number of aliphatic hydroxyl groups is 1. The minimum absolute atomic E-state index is 0.000188. The highest BCUT2D eigenvalue weighted by atomic mass is 35.5. The number of anilines is 2. The number of allylic oxidation sites excluding steroid dienone is 2. The molecule has 39 heavy (non-hydrogen) atoms. The highest BCUT2D eigenvalue weighted by Crippen LogP contribution is 2.49. The quantitative estimate of drug-likeness (QED) is 0.311. The highest BCUT2D eigenvalue weighted by molar-refractivity contribution is 6.34. The molecule has 5 rings (SSSR count). The predicted molar refractivity (Wildman–Crippen MR) is 161 cm³/mol. The number of para-hydroxylation sites is 1. The fraction of sp³-hybridized carbons (Fsp3) is 0.273. The van der Waals surface area contributed by atoms with Gasteiger partial charge in [-0.15, -0.1) is 0 Å². The lowest BCUT2D eigenvalue weighted by molar-refractivity contribution is -0.116. The summed E-state index contributed by atoms with van der Waals surface area (Å²) in [5.74, 6) is -0.383. The maximum Gasteiger partial charge on any atom is 0.161 e. The number of aliphatic hydroxyl groups excluding tert-OH is 1. The first-order chi connectivity index (χ1) is 18.8. The van der Waals surface area contributed by atoms with Crippen LogP contribution in [0.15, 0.2) is 89.6 Å². The number of rotatable bonds is 6. The number of nitrogens with one attached hydrogen (secondary N) is 1. The van der Waals surface area contributed by atoms with E-state index >= 15 is 0 Å². The van der Waals surface area contributed by atoms with E-state index in [1.54, 1.807) is 11.0 Å². The number of aryl methyl sites for hydroxylation is 1. The number of carbonyl (C=O) groups is 1. The van der Waals surface area contributed by atoms with Crippen molar-refractivity contribution in [2.24, 2.45) is 0 Å². The van der Waals surface area contributed by atoms with Crippen LogP contribution >= 0.6 is 11.6 Å². The molecule has 2 aliphatic rings. The summed E-state index contributed by atoms with van der Waals surface area (Å²) in [5, 5.41) is 21.8. The highest BCUT2D eigenvalue weighted by Gasteiger charge is 2.43. The molecule has 0 saturated heterocycles. The van der Waals surface area contributed by atoms with Gasteiger partial charge in [0.2, 0.25) is 0 Å². The monoisotopic (exact) mass is 539 g/mol. The molecule has 6 heteroatoms. The lowest BCUT2D eigenvalue weighted by Crippen LogP contribution is -2.42. The van der Waals surface area contributed by atoms with E-state index in [1.165, 1.54) is 0 Å². The predicted octanol–water partition coefficient (Wildman–Crippen LogP) is 8.05. The number of ketones is 1. The zero-order valence-corrected chi connectivity index (χ0v) is 23.4. The Kier molecular flexibility index (Phi) is 7.62. The largest absolute Gasteiger partial charge is 0.507 e. The minimum Gasteiger partial charge on any atom is -0.507 e. The van der Waals surface area contributed by atoms with Crippen LogP contribution in [0.2, 0.25) is 5.02 Å². The maximum absolute atomic E-state index is 13.7. The van der Waals surface area contributed by atoms with Crippen molar-refractivity contribution in [2.45, 2.75) is 46.0 Å². The number of nitrogens with zero attached hydrogens (tertiary/aromatic N) is 2. The molecule has 1 heterocycles. The van der Waals surface area contributed by atoms with Crippen molar-refractivity contribution in [3.05, 3.63) is 111 Å².